The van der Waals surface area contributed by atoms with Crippen molar-refractivity contribution in [1.82, 2.24) is 20.1 Å². The Labute approximate surface area is 185 Å². The molecule has 0 aliphatic carbocycles. The Bertz CT molecular complexity index is 801. The average molecular weight is 432 g/mol. The summed E-state index contributed by atoms with van der Waals surface area (Å²) in [5, 5.41) is 13.1. The number of rotatable bonds is 5. The molecule has 3 aliphatic heterocycles. The van der Waals surface area contributed by atoms with Crippen molar-refractivity contribution in [1.29, 1.82) is 0 Å². The van der Waals surface area contributed by atoms with Crippen molar-refractivity contribution >= 4 is 11.6 Å². The summed E-state index contributed by atoms with van der Waals surface area (Å²) in [6.07, 6.45) is 0. The molecule has 172 valence electrons. The maximum absolute atomic E-state index is 13.5. The molecule has 2 fully saturated rings. The monoisotopic (exact) mass is 431 g/mol. The third-order valence-corrected chi connectivity index (χ3v) is 6.90. The summed E-state index contributed by atoms with van der Waals surface area (Å²) in [6, 6.07) is 4.82. The number of aromatic nitrogens is 1. The van der Waals surface area contributed by atoms with E-state index in [9.17, 15) is 9.90 Å². The summed E-state index contributed by atoms with van der Waals surface area (Å²) in [7, 11) is 0. The van der Waals surface area contributed by atoms with Crippen LogP contribution in [0.3, 0.4) is 0 Å². The highest BCUT2D eigenvalue weighted by Gasteiger charge is 2.41. The summed E-state index contributed by atoms with van der Waals surface area (Å²) in [5.41, 5.74) is 2.21. The summed E-state index contributed by atoms with van der Waals surface area (Å²) in [4.78, 5) is 24.8. The van der Waals surface area contributed by atoms with Gasteiger partial charge in [0.15, 0.2) is 0 Å². The highest BCUT2D eigenvalue weighted by atomic mass is 16.5. The van der Waals surface area contributed by atoms with Gasteiger partial charge in [-0.1, -0.05) is 13.8 Å². The van der Waals surface area contributed by atoms with Gasteiger partial charge in [0.1, 0.15) is 0 Å². The number of carbonyl (C=O) groups excluding carboxylic acids is 1. The first-order valence-corrected chi connectivity index (χ1v) is 11.5. The number of hydrogen-bond donors (Lipinski definition) is 2. The minimum Gasteiger partial charge on any atom is -0.390 e. The van der Waals surface area contributed by atoms with Gasteiger partial charge in [0.25, 0.3) is 0 Å². The molecule has 2 saturated heterocycles. The first-order valence-electron chi connectivity index (χ1n) is 11.5. The molecule has 3 aliphatic rings. The fraction of sp³-hybridized carbons (Fsp3) is 0.739. The van der Waals surface area contributed by atoms with E-state index in [1.165, 1.54) is 0 Å². The molecular weight excluding hydrogens is 394 g/mol. The molecule has 1 amide bonds. The standard InChI is InChI=1S/C23H37N5O3/c1-16-10-27(19(9-24-16)11-26-7-8-31-14-17(26)2)12-21(30)28-15-23(3,4)22-20(28)6-5-18(13-29)25-22/h5-6,16-17,19,24,29H,7-15H2,1-4H3/t16?,17?,19-/m1/s1. The zero-order chi connectivity index (χ0) is 22.2. The van der Waals surface area contributed by atoms with Gasteiger partial charge in [-0.25, -0.2) is 0 Å². The Kier molecular flexibility index (Phi) is 6.65. The molecule has 0 aromatic carbocycles. The number of morpholine rings is 1. The van der Waals surface area contributed by atoms with E-state index in [-0.39, 0.29) is 17.9 Å². The number of fused-ring (bicyclic) bond motifs is 1. The molecule has 1 aromatic rings. The van der Waals surface area contributed by atoms with E-state index in [0.29, 0.717) is 36.9 Å². The second-order valence-corrected chi connectivity index (χ2v) is 10.0. The number of aliphatic hydroxyl groups excluding tert-OH is 1. The lowest BCUT2D eigenvalue weighted by Gasteiger charge is -2.43. The number of anilines is 1. The zero-order valence-electron chi connectivity index (χ0n) is 19.3. The van der Waals surface area contributed by atoms with E-state index in [1.807, 2.05) is 17.0 Å². The quantitative estimate of drug-likeness (QED) is 0.706. The van der Waals surface area contributed by atoms with Crippen LogP contribution in [0.25, 0.3) is 0 Å². The number of ether oxygens (including phenoxy) is 1. The topological polar surface area (TPSA) is 81.2 Å². The lowest BCUT2D eigenvalue weighted by molar-refractivity contribution is -0.121. The smallest absolute Gasteiger partial charge is 0.241 e. The van der Waals surface area contributed by atoms with Crippen molar-refractivity contribution in [3.05, 3.63) is 23.5 Å². The molecule has 3 atom stereocenters. The molecule has 2 unspecified atom stereocenters. The Morgan fingerprint density at radius 2 is 2.13 bits per heavy atom. The molecule has 0 saturated carbocycles. The van der Waals surface area contributed by atoms with Crippen molar-refractivity contribution in [3.63, 3.8) is 0 Å². The molecule has 1 aromatic heterocycles. The number of nitrogens with zero attached hydrogens (tertiary/aromatic N) is 4. The molecule has 4 rings (SSSR count). The molecule has 8 heteroatoms. The first-order chi connectivity index (χ1) is 14.8. The molecule has 0 bridgehead atoms. The van der Waals surface area contributed by atoms with Crippen LogP contribution in [0.4, 0.5) is 5.69 Å². The molecule has 4 heterocycles. The second kappa shape index (κ2) is 9.11. The molecule has 8 nitrogen and oxygen atoms in total. The third-order valence-electron chi connectivity index (χ3n) is 6.90. The summed E-state index contributed by atoms with van der Waals surface area (Å²) >= 11 is 0. The van der Waals surface area contributed by atoms with Crippen LogP contribution in [0.2, 0.25) is 0 Å². The number of pyridine rings is 1. The van der Waals surface area contributed by atoms with Crippen LogP contribution < -0.4 is 10.2 Å². The van der Waals surface area contributed by atoms with Gasteiger partial charge in [0.2, 0.25) is 5.91 Å². The maximum atomic E-state index is 13.5. The van der Waals surface area contributed by atoms with E-state index in [4.69, 9.17) is 4.74 Å². The van der Waals surface area contributed by atoms with Gasteiger partial charge in [-0.15, -0.1) is 0 Å². The summed E-state index contributed by atoms with van der Waals surface area (Å²) in [6.45, 7) is 14.8. The van der Waals surface area contributed by atoms with E-state index in [0.717, 1.165) is 50.8 Å². The van der Waals surface area contributed by atoms with Crippen molar-refractivity contribution in [3.8, 4) is 0 Å². The molecular formula is C23H37N5O3. The van der Waals surface area contributed by atoms with Crippen LogP contribution in [0.15, 0.2) is 12.1 Å². The Morgan fingerprint density at radius 1 is 1.32 bits per heavy atom. The van der Waals surface area contributed by atoms with Gasteiger partial charge in [-0.2, -0.15) is 0 Å². The van der Waals surface area contributed by atoms with E-state index < -0.39 is 0 Å². The van der Waals surface area contributed by atoms with Gasteiger partial charge in [-0.3, -0.25) is 19.6 Å². The first kappa shape index (κ1) is 22.6. The van der Waals surface area contributed by atoms with Crippen LogP contribution in [-0.2, 0) is 21.6 Å². The molecule has 31 heavy (non-hydrogen) atoms. The number of aliphatic hydroxyl groups is 1. The van der Waals surface area contributed by atoms with Gasteiger partial charge in [-0.05, 0) is 26.0 Å². The average Bonchev–Trinajstić information content (AvgIpc) is 3.02. The van der Waals surface area contributed by atoms with Crippen LogP contribution in [-0.4, -0.2) is 96.4 Å². The van der Waals surface area contributed by atoms with Crippen LogP contribution in [0.1, 0.15) is 39.1 Å². The largest absolute Gasteiger partial charge is 0.390 e. The van der Waals surface area contributed by atoms with Gasteiger partial charge in [0.05, 0.1) is 43.4 Å². The number of piperazine rings is 1. The van der Waals surface area contributed by atoms with E-state index >= 15 is 0 Å². The second-order valence-electron chi connectivity index (χ2n) is 10.0. The number of carbonyl (C=O) groups is 1. The highest BCUT2D eigenvalue weighted by Crippen LogP contribution is 2.39. The summed E-state index contributed by atoms with van der Waals surface area (Å²) in [5.74, 6) is 0.125. The molecule has 2 N–H and O–H groups in total. The highest BCUT2D eigenvalue weighted by molar-refractivity contribution is 5.97. The minimum absolute atomic E-state index is 0.0857. The normalized spacial score (nSPS) is 29.2. The fourth-order valence-electron chi connectivity index (χ4n) is 5.04. The van der Waals surface area contributed by atoms with Crippen LogP contribution in [0.5, 0.6) is 0 Å². The minimum atomic E-state index is -0.227. The number of hydrogen-bond acceptors (Lipinski definition) is 7. The summed E-state index contributed by atoms with van der Waals surface area (Å²) < 4.78 is 5.59. The lowest BCUT2D eigenvalue weighted by atomic mass is 9.91. The number of nitrogens with one attached hydrogen (secondary N) is 1. The van der Waals surface area contributed by atoms with Crippen molar-refractivity contribution in [2.45, 2.75) is 57.8 Å². The Hall–Kier alpha value is -1.58. The fourth-order valence-corrected chi connectivity index (χ4v) is 5.04. The van der Waals surface area contributed by atoms with E-state index in [1.54, 1.807) is 0 Å². The lowest BCUT2D eigenvalue weighted by Crippen LogP contribution is -2.62. The third kappa shape index (κ3) is 4.78. The van der Waals surface area contributed by atoms with Crippen molar-refractivity contribution in [2.24, 2.45) is 0 Å². The molecule has 0 spiro atoms. The van der Waals surface area contributed by atoms with E-state index in [2.05, 4.69) is 47.8 Å². The Morgan fingerprint density at radius 3 is 2.87 bits per heavy atom. The van der Waals surface area contributed by atoms with Gasteiger partial charge in [0, 0.05) is 56.3 Å². The van der Waals surface area contributed by atoms with Crippen molar-refractivity contribution in [2.75, 3.05) is 57.4 Å². The van der Waals surface area contributed by atoms with Crippen LogP contribution in [0, 0.1) is 0 Å². The maximum Gasteiger partial charge on any atom is 0.241 e. The number of amides is 1. The van der Waals surface area contributed by atoms with Gasteiger partial charge < -0.3 is 20.1 Å². The van der Waals surface area contributed by atoms with Gasteiger partial charge >= 0.3 is 0 Å². The Balaban J connectivity index is 1.48. The predicted molar refractivity (Wildman–Crippen MR) is 120 cm³/mol. The van der Waals surface area contributed by atoms with Crippen molar-refractivity contribution < 1.29 is 14.6 Å². The predicted octanol–water partition coefficient (Wildman–Crippen LogP) is 0.581. The van der Waals surface area contributed by atoms with Crippen LogP contribution >= 0.6 is 0 Å². The SMILES string of the molecule is CC1CN(CC(=O)N2CC(C)(C)c3nc(CO)ccc32)[C@@H](CN2CCOCC2C)CN1. The molecule has 0 radical (unpaired) electrons. The zero-order valence-corrected chi connectivity index (χ0v) is 19.3.